The first-order valence-corrected chi connectivity index (χ1v) is 5.68. The summed E-state index contributed by atoms with van der Waals surface area (Å²) in [4.78, 5) is 11.4. The van der Waals surface area contributed by atoms with Crippen LogP contribution in [0.2, 0.25) is 0 Å². The minimum Gasteiger partial charge on any atom is -0.494 e. The van der Waals surface area contributed by atoms with E-state index in [1.165, 1.54) is 0 Å². The molecule has 0 aliphatic rings. The molecule has 3 nitrogen and oxygen atoms in total. The highest BCUT2D eigenvalue weighted by molar-refractivity contribution is 5.89. The highest BCUT2D eigenvalue weighted by Gasteiger charge is 2.06. The Kier molecular flexibility index (Phi) is 5.40. The van der Waals surface area contributed by atoms with Crippen LogP contribution in [-0.2, 0) is 4.74 Å². The van der Waals surface area contributed by atoms with Crippen molar-refractivity contribution < 1.29 is 14.3 Å². The summed E-state index contributed by atoms with van der Waals surface area (Å²) in [5.74, 6) is 0.419. The maximum absolute atomic E-state index is 11.4. The van der Waals surface area contributed by atoms with Gasteiger partial charge in [-0.15, -0.1) is 0 Å². The SMILES string of the molecule is CCCCOc1cccc(C(=O)OCC)c1. The molecule has 0 radical (unpaired) electrons. The fraction of sp³-hybridized carbons (Fsp3) is 0.462. The molecule has 0 aliphatic heterocycles. The zero-order valence-electron chi connectivity index (χ0n) is 9.86. The molecule has 0 aliphatic carbocycles. The van der Waals surface area contributed by atoms with Crippen molar-refractivity contribution in [2.24, 2.45) is 0 Å². The Morgan fingerprint density at radius 3 is 2.81 bits per heavy atom. The van der Waals surface area contributed by atoms with E-state index in [1.54, 1.807) is 25.1 Å². The zero-order valence-corrected chi connectivity index (χ0v) is 9.86. The molecule has 1 aromatic rings. The number of hydrogen-bond donors (Lipinski definition) is 0. The van der Waals surface area contributed by atoms with Gasteiger partial charge < -0.3 is 9.47 Å². The monoisotopic (exact) mass is 222 g/mol. The standard InChI is InChI=1S/C13H18O3/c1-3-5-9-16-12-8-6-7-11(10-12)13(14)15-4-2/h6-8,10H,3-5,9H2,1-2H3. The van der Waals surface area contributed by atoms with E-state index in [0.717, 1.165) is 18.6 Å². The molecule has 16 heavy (non-hydrogen) atoms. The Balaban J connectivity index is 2.60. The minimum absolute atomic E-state index is 0.302. The molecule has 1 rings (SSSR count). The largest absolute Gasteiger partial charge is 0.494 e. The second kappa shape index (κ2) is 6.88. The van der Waals surface area contributed by atoms with Crippen LogP contribution in [0.5, 0.6) is 5.75 Å². The van der Waals surface area contributed by atoms with E-state index >= 15 is 0 Å². The smallest absolute Gasteiger partial charge is 0.338 e. The molecule has 3 heteroatoms. The van der Waals surface area contributed by atoms with Gasteiger partial charge in [0.1, 0.15) is 5.75 Å². The van der Waals surface area contributed by atoms with Crippen LogP contribution < -0.4 is 4.74 Å². The highest BCUT2D eigenvalue weighted by atomic mass is 16.5. The van der Waals surface area contributed by atoms with Gasteiger partial charge in [-0.3, -0.25) is 0 Å². The van der Waals surface area contributed by atoms with Crippen LogP contribution in [0, 0.1) is 0 Å². The molecule has 0 amide bonds. The first kappa shape index (κ1) is 12.6. The second-order valence-corrected chi connectivity index (χ2v) is 3.45. The lowest BCUT2D eigenvalue weighted by Gasteiger charge is -2.07. The van der Waals surface area contributed by atoms with Gasteiger partial charge in [-0.05, 0) is 31.5 Å². The molecule has 0 aromatic heterocycles. The van der Waals surface area contributed by atoms with Crippen molar-refractivity contribution in [3.05, 3.63) is 29.8 Å². The highest BCUT2D eigenvalue weighted by Crippen LogP contribution is 2.14. The van der Waals surface area contributed by atoms with Crippen molar-refractivity contribution in [2.75, 3.05) is 13.2 Å². The van der Waals surface area contributed by atoms with E-state index in [1.807, 2.05) is 6.07 Å². The summed E-state index contributed by atoms with van der Waals surface area (Å²) in [7, 11) is 0. The fourth-order valence-corrected chi connectivity index (χ4v) is 1.26. The third kappa shape index (κ3) is 3.93. The van der Waals surface area contributed by atoms with Crippen molar-refractivity contribution >= 4 is 5.97 Å². The molecule has 0 saturated carbocycles. The number of esters is 1. The van der Waals surface area contributed by atoms with E-state index in [0.29, 0.717) is 18.8 Å². The van der Waals surface area contributed by atoms with E-state index in [4.69, 9.17) is 9.47 Å². The van der Waals surface area contributed by atoms with Crippen LogP contribution >= 0.6 is 0 Å². The Labute approximate surface area is 96.4 Å². The Bertz CT molecular complexity index is 334. The van der Waals surface area contributed by atoms with Crippen LogP contribution in [0.4, 0.5) is 0 Å². The van der Waals surface area contributed by atoms with Crippen LogP contribution in [-0.4, -0.2) is 19.2 Å². The van der Waals surface area contributed by atoms with Crippen LogP contribution in [0.1, 0.15) is 37.0 Å². The third-order valence-corrected chi connectivity index (χ3v) is 2.11. The summed E-state index contributed by atoms with van der Waals surface area (Å²) in [5.41, 5.74) is 0.538. The second-order valence-electron chi connectivity index (χ2n) is 3.45. The Hall–Kier alpha value is -1.51. The van der Waals surface area contributed by atoms with Crippen molar-refractivity contribution in [1.82, 2.24) is 0 Å². The van der Waals surface area contributed by atoms with Gasteiger partial charge in [0, 0.05) is 0 Å². The maximum Gasteiger partial charge on any atom is 0.338 e. The van der Waals surface area contributed by atoms with Crippen LogP contribution in [0.15, 0.2) is 24.3 Å². The Morgan fingerprint density at radius 2 is 2.12 bits per heavy atom. The summed E-state index contributed by atoms with van der Waals surface area (Å²) in [6.45, 7) is 4.97. The van der Waals surface area contributed by atoms with Gasteiger partial charge in [0.2, 0.25) is 0 Å². The van der Waals surface area contributed by atoms with Gasteiger partial charge in [-0.25, -0.2) is 4.79 Å². The number of hydrogen-bond acceptors (Lipinski definition) is 3. The van der Waals surface area contributed by atoms with Crippen molar-refractivity contribution in [2.45, 2.75) is 26.7 Å². The van der Waals surface area contributed by atoms with Crippen LogP contribution in [0.3, 0.4) is 0 Å². The van der Waals surface area contributed by atoms with E-state index in [-0.39, 0.29) is 5.97 Å². The molecule has 0 N–H and O–H groups in total. The molecular weight excluding hydrogens is 204 g/mol. The molecule has 0 fully saturated rings. The Morgan fingerprint density at radius 1 is 1.31 bits per heavy atom. The molecule has 0 unspecified atom stereocenters. The van der Waals surface area contributed by atoms with Crippen LogP contribution in [0.25, 0.3) is 0 Å². The summed E-state index contributed by atoms with van der Waals surface area (Å²) in [5, 5.41) is 0. The predicted molar refractivity (Wildman–Crippen MR) is 62.8 cm³/mol. The van der Waals surface area contributed by atoms with E-state index in [9.17, 15) is 4.79 Å². The zero-order chi connectivity index (χ0) is 11.8. The first-order valence-electron chi connectivity index (χ1n) is 5.68. The number of rotatable bonds is 6. The predicted octanol–water partition coefficient (Wildman–Crippen LogP) is 3.04. The summed E-state index contributed by atoms with van der Waals surface area (Å²) >= 11 is 0. The normalized spacial score (nSPS) is 9.88. The van der Waals surface area contributed by atoms with Gasteiger partial charge in [-0.1, -0.05) is 19.4 Å². The number of benzene rings is 1. The number of unbranched alkanes of at least 4 members (excludes halogenated alkanes) is 1. The molecule has 0 atom stereocenters. The minimum atomic E-state index is -0.302. The summed E-state index contributed by atoms with van der Waals surface area (Å²) in [6, 6.07) is 7.09. The van der Waals surface area contributed by atoms with Gasteiger partial charge in [-0.2, -0.15) is 0 Å². The van der Waals surface area contributed by atoms with Gasteiger partial charge in [0.15, 0.2) is 0 Å². The molecule has 0 spiro atoms. The lowest BCUT2D eigenvalue weighted by Crippen LogP contribution is -2.05. The summed E-state index contributed by atoms with van der Waals surface area (Å²) < 4.78 is 10.4. The number of carbonyl (C=O) groups is 1. The van der Waals surface area contributed by atoms with E-state index in [2.05, 4.69) is 6.92 Å². The molecule has 88 valence electrons. The van der Waals surface area contributed by atoms with Crippen molar-refractivity contribution in [3.8, 4) is 5.75 Å². The van der Waals surface area contributed by atoms with Crippen molar-refractivity contribution in [1.29, 1.82) is 0 Å². The quantitative estimate of drug-likeness (QED) is 0.548. The molecule has 0 saturated heterocycles. The maximum atomic E-state index is 11.4. The molecular formula is C13H18O3. The number of ether oxygens (including phenoxy) is 2. The average molecular weight is 222 g/mol. The lowest BCUT2D eigenvalue weighted by atomic mass is 10.2. The lowest BCUT2D eigenvalue weighted by molar-refractivity contribution is 0.0526. The topological polar surface area (TPSA) is 35.5 Å². The molecule has 1 aromatic carbocycles. The fourth-order valence-electron chi connectivity index (χ4n) is 1.26. The first-order chi connectivity index (χ1) is 7.77. The van der Waals surface area contributed by atoms with Gasteiger partial charge in [0.25, 0.3) is 0 Å². The van der Waals surface area contributed by atoms with Crippen molar-refractivity contribution in [3.63, 3.8) is 0 Å². The van der Waals surface area contributed by atoms with Gasteiger partial charge >= 0.3 is 5.97 Å². The molecule has 0 bridgehead atoms. The van der Waals surface area contributed by atoms with Gasteiger partial charge in [0.05, 0.1) is 18.8 Å². The van der Waals surface area contributed by atoms with E-state index < -0.39 is 0 Å². The third-order valence-electron chi connectivity index (χ3n) is 2.11. The summed E-state index contributed by atoms with van der Waals surface area (Å²) in [6.07, 6.45) is 2.11. The molecule has 0 heterocycles. The average Bonchev–Trinajstić information content (AvgIpc) is 2.30. The number of carbonyl (C=O) groups excluding carboxylic acids is 1.